The topological polar surface area (TPSA) is 38.7 Å². The van der Waals surface area contributed by atoms with Gasteiger partial charge in [0.25, 0.3) is 0 Å². The minimum atomic E-state index is -0.0418. The van der Waals surface area contributed by atoms with E-state index in [0.717, 1.165) is 15.6 Å². The smallest absolute Gasteiger partial charge is 0.175 e. The second-order valence-electron chi connectivity index (χ2n) is 5.24. The minimum Gasteiger partial charge on any atom is -0.493 e. The summed E-state index contributed by atoms with van der Waals surface area (Å²) < 4.78 is 12.1. The molecule has 0 bridgehead atoms. The van der Waals surface area contributed by atoms with Crippen LogP contribution in [0.1, 0.15) is 11.1 Å². The Kier molecular flexibility index (Phi) is 4.84. The first-order chi connectivity index (χ1) is 11.2. The van der Waals surface area contributed by atoms with E-state index in [4.69, 9.17) is 9.47 Å². The molecule has 0 aliphatic carbocycles. The number of rotatable bonds is 5. The molecule has 0 spiro atoms. The van der Waals surface area contributed by atoms with Gasteiger partial charge in [0.1, 0.15) is 6.61 Å². The van der Waals surface area contributed by atoms with Crippen molar-refractivity contribution in [1.82, 2.24) is 0 Å². The molecule has 118 valence electrons. The Morgan fingerprint density at radius 2 is 1.74 bits per heavy atom. The van der Waals surface area contributed by atoms with E-state index in [1.807, 2.05) is 18.2 Å². The van der Waals surface area contributed by atoms with Crippen molar-refractivity contribution in [2.75, 3.05) is 7.11 Å². The maximum absolute atomic E-state index is 9.26. The van der Waals surface area contributed by atoms with E-state index in [2.05, 4.69) is 46.3 Å². The van der Waals surface area contributed by atoms with Gasteiger partial charge in [-0.3, -0.25) is 0 Å². The van der Waals surface area contributed by atoms with Gasteiger partial charge in [0, 0.05) is 0 Å². The Bertz CT molecular complexity index is 830. The van der Waals surface area contributed by atoms with Gasteiger partial charge in [-0.25, -0.2) is 0 Å². The molecular weight excluding hydrogens is 356 g/mol. The van der Waals surface area contributed by atoms with Crippen molar-refractivity contribution in [3.63, 3.8) is 0 Å². The largest absolute Gasteiger partial charge is 0.493 e. The molecule has 0 heterocycles. The van der Waals surface area contributed by atoms with Crippen LogP contribution >= 0.6 is 15.9 Å². The van der Waals surface area contributed by atoms with Gasteiger partial charge in [-0.2, -0.15) is 0 Å². The van der Waals surface area contributed by atoms with Crippen molar-refractivity contribution in [1.29, 1.82) is 0 Å². The van der Waals surface area contributed by atoms with E-state index in [0.29, 0.717) is 18.1 Å². The lowest BCUT2D eigenvalue weighted by molar-refractivity contribution is 0.273. The summed E-state index contributed by atoms with van der Waals surface area (Å²) in [5, 5.41) is 11.7. The fraction of sp³-hybridized carbons (Fsp3) is 0.158. The minimum absolute atomic E-state index is 0.0418. The van der Waals surface area contributed by atoms with Crippen LogP contribution in [0.15, 0.2) is 59.1 Å². The molecule has 0 unspecified atom stereocenters. The summed E-state index contributed by atoms with van der Waals surface area (Å²) in [6.45, 7) is 0.401. The predicted molar refractivity (Wildman–Crippen MR) is 94.9 cm³/mol. The molecule has 3 nitrogen and oxygen atoms in total. The molecule has 23 heavy (non-hydrogen) atoms. The number of benzene rings is 3. The highest BCUT2D eigenvalue weighted by atomic mass is 79.9. The third-order valence-electron chi connectivity index (χ3n) is 3.67. The molecule has 0 aromatic heterocycles. The second kappa shape index (κ2) is 7.02. The maximum Gasteiger partial charge on any atom is 0.175 e. The molecule has 0 saturated carbocycles. The first-order valence-electron chi connectivity index (χ1n) is 7.29. The third-order valence-corrected chi connectivity index (χ3v) is 4.26. The highest BCUT2D eigenvalue weighted by Crippen LogP contribution is 2.37. The zero-order valence-corrected chi connectivity index (χ0v) is 14.3. The molecule has 3 rings (SSSR count). The molecule has 0 atom stereocenters. The number of hydrogen-bond acceptors (Lipinski definition) is 3. The molecular formula is C19H17BrO3. The van der Waals surface area contributed by atoms with Crippen molar-refractivity contribution >= 4 is 26.7 Å². The SMILES string of the molecule is COc1cc(CO)cc(Br)c1OCc1ccc2ccccc2c1. The van der Waals surface area contributed by atoms with Crippen LogP contribution in [0, 0.1) is 0 Å². The molecule has 1 N–H and O–H groups in total. The van der Waals surface area contributed by atoms with Crippen LogP contribution in [-0.4, -0.2) is 12.2 Å². The fourth-order valence-electron chi connectivity index (χ4n) is 2.49. The highest BCUT2D eigenvalue weighted by Gasteiger charge is 2.12. The Morgan fingerprint density at radius 1 is 0.957 bits per heavy atom. The standard InChI is InChI=1S/C19H17BrO3/c1-22-18-10-14(11-21)9-17(20)19(18)23-12-13-6-7-15-4-2-3-5-16(15)8-13/h2-10,21H,11-12H2,1H3. The number of halogens is 1. The average molecular weight is 373 g/mol. The Labute approximate surface area is 143 Å². The highest BCUT2D eigenvalue weighted by molar-refractivity contribution is 9.10. The average Bonchev–Trinajstić information content (AvgIpc) is 2.59. The van der Waals surface area contributed by atoms with Crippen molar-refractivity contribution in [3.05, 3.63) is 70.2 Å². The van der Waals surface area contributed by atoms with Crippen LogP contribution < -0.4 is 9.47 Å². The van der Waals surface area contributed by atoms with Crippen LogP contribution in [0.3, 0.4) is 0 Å². The fourth-order valence-corrected chi connectivity index (χ4v) is 3.09. The summed E-state index contributed by atoms with van der Waals surface area (Å²) in [4.78, 5) is 0. The number of ether oxygens (including phenoxy) is 2. The monoisotopic (exact) mass is 372 g/mol. The van der Waals surface area contributed by atoms with E-state index >= 15 is 0 Å². The molecule has 4 heteroatoms. The first-order valence-corrected chi connectivity index (χ1v) is 8.08. The van der Waals surface area contributed by atoms with Crippen LogP contribution in [0.4, 0.5) is 0 Å². The summed E-state index contributed by atoms with van der Waals surface area (Å²) in [5.41, 5.74) is 1.86. The quantitative estimate of drug-likeness (QED) is 0.706. The van der Waals surface area contributed by atoms with Gasteiger partial charge >= 0.3 is 0 Å². The second-order valence-corrected chi connectivity index (χ2v) is 6.09. The van der Waals surface area contributed by atoms with E-state index in [-0.39, 0.29) is 6.61 Å². The van der Waals surface area contributed by atoms with Crippen LogP contribution in [-0.2, 0) is 13.2 Å². The lowest BCUT2D eigenvalue weighted by atomic mass is 10.1. The summed E-state index contributed by atoms with van der Waals surface area (Å²) in [5.74, 6) is 1.24. The number of methoxy groups -OCH3 is 1. The van der Waals surface area contributed by atoms with E-state index < -0.39 is 0 Å². The number of hydrogen-bond donors (Lipinski definition) is 1. The molecule has 0 aliphatic rings. The zero-order chi connectivity index (χ0) is 16.2. The van der Waals surface area contributed by atoms with Gasteiger partial charge in [-0.05, 0) is 56.0 Å². The lowest BCUT2D eigenvalue weighted by Crippen LogP contribution is -2.00. The molecule has 0 fully saturated rings. The molecule has 3 aromatic rings. The molecule has 0 amide bonds. The van der Waals surface area contributed by atoms with Crippen LogP contribution in [0.5, 0.6) is 11.5 Å². The van der Waals surface area contributed by atoms with Gasteiger partial charge < -0.3 is 14.6 Å². The van der Waals surface area contributed by atoms with Crippen molar-refractivity contribution in [3.8, 4) is 11.5 Å². The Balaban J connectivity index is 1.84. The van der Waals surface area contributed by atoms with Gasteiger partial charge in [-0.15, -0.1) is 0 Å². The zero-order valence-electron chi connectivity index (χ0n) is 12.8. The number of fused-ring (bicyclic) bond motifs is 1. The maximum atomic E-state index is 9.26. The van der Waals surface area contributed by atoms with Gasteiger partial charge in [0.05, 0.1) is 18.2 Å². The summed E-state index contributed by atoms with van der Waals surface area (Å²) in [6.07, 6.45) is 0. The molecule has 0 aliphatic heterocycles. The van der Waals surface area contributed by atoms with Gasteiger partial charge in [-0.1, -0.05) is 36.4 Å². The Morgan fingerprint density at radius 3 is 2.48 bits per heavy atom. The molecule has 0 radical (unpaired) electrons. The normalized spacial score (nSPS) is 10.7. The van der Waals surface area contributed by atoms with Crippen molar-refractivity contribution < 1.29 is 14.6 Å². The lowest BCUT2D eigenvalue weighted by Gasteiger charge is -2.14. The third kappa shape index (κ3) is 3.49. The summed E-state index contributed by atoms with van der Waals surface area (Å²) in [7, 11) is 1.59. The van der Waals surface area contributed by atoms with Gasteiger partial charge in [0.2, 0.25) is 0 Å². The van der Waals surface area contributed by atoms with Gasteiger partial charge in [0.15, 0.2) is 11.5 Å². The van der Waals surface area contributed by atoms with Crippen molar-refractivity contribution in [2.45, 2.75) is 13.2 Å². The Hall–Kier alpha value is -2.04. The summed E-state index contributed by atoms with van der Waals surface area (Å²) in [6, 6.07) is 18.1. The first kappa shape index (κ1) is 15.8. The van der Waals surface area contributed by atoms with E-state index in [1.54, 1.807) is 13.2 Å². The molecule has 0 saturated heterocycles. The molecule has 3 aromatic carbocycles. The predicted octanol–water partition coefficient (Wildman–Crippen LogP) is 4.68. The van der Waals surface area contributed by atoms with E-state index in [1.165, 1.54) is 10.8 Å². The number of aliphatic hydroxyl groups excluding tert-OH is 1. The van der Waals surface area contributed by atoms with Crippen LogP contribution in [0.2, 0.25) is 0 Å². The van der Waals surface area contributed by atoms with Crippen molar-refractivity contribution in [2.24, 2.45) is 0 Å². The number of aliphatic hydroxyl groups is 1. The van der Waals surface area contributed by atoms with Crippen LogP contribution in [0.25, 0.3) is 10.8 Å². The van der Waals surface area contributed by atoms with E-state index in [9.17, 15) is 5.11 Å². The summed E-state index contributed by atoms with van der Waals surface area (Å²) >= 11 is 3.48.